The van der Waals surface area contributed by atoms with Gasteiger partial charge >= 0.3 is 0 Å². The van der Waals surface area contributed by atoms with Gasteiger partial charge in [0.05, 0.1) is 11.6 Å². The van der Waals surface area contributed by atoms with E-state index in [1.54, 1.807) is 17.8 Å². The first-order valence-electron chi connectivity index (χ1n) is 4.83. The summed E-state index contributed by atoms with van der Waals surface area (Å²) in [4.78, 5) is 4.37. The quantitative estimate of drug-likeness (QED) is 0.786. The van der Waals surface area contributed by atoms with E-state index in [1.807, 2.05) is 18.2 Å². The second-order valence-corrected chi connectivity index (χ2v) is 4.29. The Morgan fingerprint density at radius 1 is 1.47 bits per heavy atom. The van der Waals surface area contributed by atoms with Crippen molar-refractivity contribution in [1.29, 1.82) is 5.26 Å². The molecule has 0 aromatic heterocycles. The number of amidine groups is 1. The van der Waals surface area contributed by atoms with Crippen LogP contribution in [0, 0.1) is 11.3 Å². The number of nitriles is 1. The molecular weight excluding hydrogens is 206 g/mol. The maximum atomic E-state index is 8.75. The van der Waals surface area contributed by atoms with Crippen LogP contribution in [0.5, 0.6) is 0 Å². The minimum atomic E-state index is 0.668. The molecule has 1 aromatic carbocycles. The predicted molar refractivity (Wildman–Crippen MR) is 64.2 cm³/mol. The fraction of sp³-hybridized carbons (Fsp3) is 0.273. The van der Waals surface area contributed by atoms with E-state index in [-0.39, 0.29) is 0 Å². The summed E-state index contributed by atoms with van der Waals surface area (Å²) in [6, 6.07) is 9.55. The lowest BCUT2D eigenvalue weighted by Gasteiger charge is -2.13. The molecule has 3 nitrogen and oxygen atoms in total. The number of nitrogens with zero attached hydrogens (tertiary/aromatic N) is 2. The van der Waals surface area contributed by atoms with Crippen LogP contribution in [0.25, 0.3) is 0 Å². The van der Waals surface area contributed by atoms with Crippen molar-refractivity contribution in [2.45, 2.75) is 6.42 Å². The zero-order valence-corrected chi connectivity index (χ0v) is 9.05. The van der Waals surface area contributed by atoms with Crippen LogP contribution in [-0.2, 0) is 0 Å². The van der Waals surface area contributed by atoms with Crippen LogP contribution >= 0.6 is 11.8 Å². The van der Waals surface area contributed by atoms with Gasteiger partial charge in [0.2, 0.25) is 0 Å². The third-order valence-corrected chi connectivity index (χ3v) is 3.04. The van der Waals surface area contributed by atoms with Crippen LogP contribution in [-0.4, -0.2) is 17.5 Å². The molecule has 2 rings (SSSR count). The lowest BCUT2D eigenvalue weighted by molar-refractivity contribution is 0.938. The molecule has 4 heteroatoms. The third-order valence-electron chi connectivity index (χ3n) is 2.04. The molecule has 76 valence electrons. The van der Waals surface area contributed by atoms with Crippen LogP contribution in [0.3, 0.4) is 0 Å². The fourth-order valence-corrected chi connectivity index (χ4v) is 2.16. The highest BCUT2D eigenvalue weighted by atomic mass is 32.2. The van der Waals surface area contributed by atoms with E-state index in [0.717, 1.165) is 29.6 Å². The van der Waals surface area contributed by atoms with Crippen LogP contribution in [0.2, 0.25) is 0 Å². The Kier molecular flexibility index (Phi) is 3.25. The summed E-state index contributed by atoms with van der Waals surface area (Å²) in [6.45, 7) is 0.896. The molecule has 0 fully saturated rings. The molecule has 0 aliphatic carbocycles. The van der Waals surface area contributed by atoms with E-state index in [1.165, 1.54) is 0 Å². The van der Waals surface area contributed by atoms with E-state index in [2.05, 4.69) is 16.4 Å². The Hall–Kier alpha value is -1.47. The molecule has 0 radical (unpaired) electrons. The van der Waals surface area contributed by atoms with E-state index in [4.69, 9.17) is 5.26 Å². The van der Waals surface area contributed by atoms with Gasteiger partial charge in [-0.15, -0.1) is 0 Å². The number of benzene rings is 1. The standard InChI is InChI=1S/C11H11N3S/c12-8-9-3-1-4-10(7-9)14-11-13-5-2-6-15-11/h1,3-4,7H,2,5-6H2,(H,13,14). The molecule has 15 heavy (non-hydrogen) atoms. The molecular formula is C11H11N3S. The molecule has 0 bridgehead atoms. The number of aliphatic imine (C=N–C) groups is 1. The molecule has 0 spiro atoms. The molecule has 0 saturated carbocycles. The van der Waals surface area contributed by atoms with E-state index in [0.29, 0.717) is 5.56 Å². The predicted octanol–water partition coefficient (Wildman–Crippen LogP) is 2.46. The van der Waals surface area contributed by atoms with Gasteiger partial charge in [0.25, 0.3) is 0 Å². The second-order valence-electron chi connectivity index (χ2n) is 3.21. The molecule has 0 unspecified atom stereocenters. The van der Waals surface area contributed by atoms with Crippen molar-refractivity contribution in [2.75, 3.05) is 17.6 Å². The van der Waals surface area contributed by atoms with Gasteiger partial charge in [0, 0.05) is 18.0 Å². The van der Waals surface area contributed by atoms with Crippen molar-refractivity contribution >= 4 is 22.6 Å². The molecule has 1 heterocycles. The number of anilines is 1. The Balaban J connectivity index is 2.10. The minimum Gasteiger partial charge on any atom is -0.335 e. The highest BCUT2D eigenvalue weighted by molar-refractivity contribution is 8.14. The Morgan fingerprint density at radius 3 is 3.13 bits per heavy atom. The van der Waals surface area contributed by atoms with Gasteiger partial charge in [-0.1, -0.05) is 17.8 Å². The number of hydrogen-bond donors (Lipinski definition) is 1. The molecule has 1 aliphatic rings. The largest absolute Gasteiger partial charge is 0.335 e. The summed E-state index contributed by atoms with van der Waals surface area (Å²) in [6.07, 6.45) is 1.15. The van der Waals surface area contributed by atoms with Gasteiger partial charge in [-0.2, -0.15) is 5.26 Å². The summed E-state index contributed by atoms with van der Waals surface area (Å²) >= 11 is 1.73. The van der Waals surface area contributed by atoms with Gasteiger partial charge in [0.15, 0.2) is 5.17 Å². The van der Waals surface area contributed by atoms with E-state index >= 15 is 0 Å². The highest BCUT2D eigenvalue weighted by Gasteiger charge is 2.05. The van der Waals surface area contributed by atoms with Gasteiger partial charge < -0.3 is 5.32 Å². The van der Waals surface area contributed by atoms with Crippen molar-refractivity contribution in [3.63, 3.8) is 0 Å². The van der Waals surface area contributed by atoms with Gasteiger partial charge in [0.1, 0.15) is 0 Å². The van der Waals surface area contributed by atoms with Crippen LogP contribution in [0.15, 0.2) is 29.3 Å². The number of nitrogens with one attached hydrogen (secondary N) is 1. The Morgan fingerprint density at radius 2 is 2.40 bits per heavy atom. The lowest BCUT2D eigenvalue weighted by atomic mass is 10.2. The summed E-state index contributed by atoms with van der Waals surface area (Å²) < 4.78 is 0. The molecule has 0 saturated heterocycles. The van der Waals surface area contributed by atoms with Crippen molar-refractivity contribution in [3.8, 4) is 6.07 Å². The summed E-state index contributed by atoms with van der Waals surface area (Å²) in [5.74, 6) is 1.11. The maximum Gasteiger partial charge on any atom is 0.161 e. The van der Waals surface area contributed by atoms with Gasteiger partial charge in [-0.25, -0.2) is 0 Å². The topological polar surface area (TPSA) is 48.2 Å². The maximum absolute atomic E-state index is 8.75. The molecule has 1 aromatic rings. The lowest BCUT2D eigenvalue weighted by Crippen LogP contribution is -2.13. The first-order valence-corrected chi connectivity index (χ1v) is 5.81. The van der Waals surface area contributed by atoms with Crippen molar-refractivity contribution in [2.24, 2.45) is 4.99 Å². The fourth-order valence-electron chi connectivity index (χ4n) is 1.33. The zero-order chi connectivity index (χ0) is 10.5. The average molecular weight is 217 g/mol. The van der Waals surface area contributed by atoms with Crippen molar-refractivity contribution in [1.82, 2.24) is 0 Å². The first kappa shape index (κ1) is 10.1. The normalized spacial score (nSPS) is 15.3. The van der Waals surface area contributed by atoms with Crippen LogP contribution < -0.4 is 5.32 Å². The van der Waals surface area contributed by atoms with Gasteiger partial charge in [-0.05, 0) is 24.6 Å². The monoisotopic (exact) mass is 217 g/mol. The minimum absolute atomic E-state index is 0.668. The molecule has 0 atom stereocenters. The first-order chi connectivity index (χ1) is 7.38. The Bertz CT molecular complexity index is 420. The van der Waals surface area contributed by atoms with Crippen molar-refractivity contribution < 1.29 is 0 Å². The SMILES string of the molecule is N#Cc1cccc(NC2=NCCCS2)c1. The molecule has 0 amide bonds. The number of rotatable bonds is 1. The molecule has 1 aliphatic heterocycles. The zero-order valence-electron chi connectivity index (χ0n) is 8.23. The van der Waals surface area contributed by atoms with Crippen molar-refractivity contribution in [3.05, 3.63) is 29.8 Å². The average Bonchev–Trinajstić information content (AvgIpc) is 2.31. The number of thioether (sulfide) groups is 1. The summed E-state index contributed by atoms with van der Waals surface area (Å²) in [7, 11) is 0. The van der Waals surface area contributed by atoms with Crippen LogP contribution in [0.1, 0.15) is 12.0 Å². The molecule has 1 N–H and O–H groups in total. The second kappa shape index (κ2) is 4.85. The van der Waals surface area contributed by atoms with Crippen LogP contribution in [0.4, 0.5) is 5.69 Å². The number of hydrogen-bond acceptors (Lipinski definition) is 4. The summed E-state index contributed by atoms with van der Waals surface area (Å²) in [5, 5.41) is 12.9. The smallest absolute Gasteiger partial charge is 0.161 e. The van der Waals surface area contributed by atoms with E-state index < -0.39 is 0 Å². The third kappa shape index (κ3) is 2.74. The summed E-state index contributed by atoms with van der Waals surface area (Å²) in [5.41, 5.74) is 1.60. The highest BCUT2D eigenvalue weighted by Crippen LogP contribution is 2.16. The van der Waals surface area contributed by atoms with Gasteiger partial charge in [-0.3, -0.25) is 4.99 Å². The van der Waals surface area contributed by atoms with E-state index in [9.17, 15) is 0 Å². The Labute approximate surface area is 93.2 Å².